The fourth-order valence-electron chi connectivity index (χ4n) is 2.31. The van der Waals surface area contributed by atoms with Gasteiger partial charge in [-0.05, 0) is 36.1 Å². The summed E-state index contributed by atoms with van der Waals surface area (Å²) in [5.41, 5.74) is 1.79. The van der Waals surface area contributed by atoms with Crippen LogP contribution in [0.15, 0.2) is 23.1 Å². The summed E-state index contributed by atoms with van der Waals surface area (Å²) in [4.78, 5) is 13.2. The van der Waals surface area contributed by atoms with E-state index < -0.39 is 13.0 Å². The van der Waals surface area contributed by atoms with Crippen LogP contribution in [0.5, 0.6) is 0 Å². The van der Waals surface area contributed by atoms with Crippen molar-refractivity contribution in [3.8, 4) is 0 Å². The highest BCUT2D eigenvalue weighted by Crippen LogP contribution is 2.38. The Morgan fingerprint density at radius 2 is 1.90 bits per heavy atom. The maximum Gasteiger partial charge on any atom is 0.296 e. The molecule has 0 aromatic heterocycles. The number of amides is 1. The van der Waals surface area contributed by atoms with Crippen molar-refractivity contribution in [2.24, 2.45) is 0 Å². The number of benzene rings is 1. The van der Waals surface area contributed by atoms with Gasteiger partial charge in [-0.2, -0.15) is 0 Å². The topological polar surface area (TPSA) is 54.5 Å². The largest absolute Gasteiger partial charge is 0.339 e. The van der Waals surface area contributed by atoms with Gasteiger partial charge in [0, 0.05) is 20.0 Å². The molecule has 1 amide bonds. The van der Waals surface area contributed by atoms with Gasteiger partial charge in [-0.15, -0.1) is 0 Å². The van der Waals surface area contributed by atoms with Crippen molar-refractivity contribution < 1.29 is 13.2 Å². The first-order chi connectivity index (χ1) is 9.63. The monoisotopic (exact) mass is 369 g/mol. The molecule has 0 radical (unpaired) electrons. The van der Waals surface area contributed by atoms with Gasteiger partial charge in [-0.1, -0.05) is 40.9 Å². The van der Waals surface area contributed by atoms with E-state index in [2.05, 4.69) is 0 Å². The van der Waals surface area contributed by atoms with Gasteiger partial charge in [-0.25, -0.2) is 8.42 Å². The molecule has 1 aliphatic heterocycles. The third-order valence-corrected chi connectivity index (χ3v) is 6.79. The Morgan fingerprint density at radius 1 is 1.24 bits per heavy atom. The summed E-state index contributed by atoms with van der Waals surface area (Å²) in [7, 11) is -4.07. The normalized spacial score (nSPS) is 16.3. The molecule has 0 fully saturated rings. The number of carbonyl (C=O) groups is 1. The third-order valence-electron chi connectivity index (χ3n) is 3.47. The number of sulfone groups is 1. The van der Waals surface area contributed by atoms with E-state index in [0.717, 1.165) is 24.0 Å². The van der Waals surface area contributed by atoms with Crippen LogP contribution >= 0.6 is 34.8 Å². The van der Waals surface area contributed by atoms with Crippen molar-refractivity contribution in [3.63, 3.8) is 0 Å². The van der Waals surface area contributed by atoms with E-state index in [9.17, 15) is 13.2 Å². The van der Waals surface area contributed by atoms with Crippen molar-refractivity contribution in [1.29, 1.82) is 0 Å². The number of hydrogen-bond acceptors (Lipinski definition) is 3. The fourth-order valence-corrected chi connectivity index (χ4v) is 3.92. The zero-order valence-corrected chi connectivity index (χ0v) is 14.4. The van der Waals surface area contributed by atoms with E-state index in [1.165, 1.54) is 19.1 Å². The van der Waals surface area contributed by atoms with Crippen LogP contribution in [0.1, 0.15) is 24.5 Å². The zero-order chi connectivity index (χ0) is 15.8. The van der Waals surface area contributed by atoms with E-state index in [1.54, 1.807) is 11.0 Å². The number of fused-ring (bicyclic) bond motifs is 1. The Morgan fingerprint density at radius 3 is 2.48 bits per heavy atom. The summed E-state index contributed by atoms with van der Waals surface area (Å²) < 4.78 is 21.9. The number of carbonyl (C=O) groups excluding carboxylic acids is 1. The van der Waals surface area contributed by atoms with Gasteiger partial charge in [0.15, 0.2) is 0 Å². The average Bonchev–Trinajstić information content (AvgIpc) is 2.58. The molecule has 1 heterocycles. The Bertz CT molecular complexity index is 668. The third kappa shape index (κ3) is 3.47. The van der Waals surface area contributed by atoms with Crippen molar-refractivity contribution in [3.05, 3.63) is 29.3 Å². The second kappa shape index (κ2) is 5.95. The molecule has 0 spiro atoms. The van der Waals surface area contributed by atoms with Crippen LogP contribution in [0.25, 0.3) is 0 Å². The maximum absolute atomic E-state index is 12.2. The fraction of sp³-hybridized carbons (Fsp3) is 0.462. The molecule has 1 aromatic rings. The summed E-state index contributed by atoms with van der Waals surface area (Å²) in [6.45, 7) is 2.51. The molecule has 0 bridgehead atoms. The van der Waals surface area contributed by atoms with Gasteiger partial charge in [0.1, 0.15) is 0 Å². The van der Waals surface area contributed by atoms with Gasteiger partial charge in [0.2, 0.25) is 15.7 Å². The van der Waals surface area contributed by atoms with Gasteiger partial charge in [0.05, 0.1) is 4.90 Å². The van der Waals surface area contributed by atoms with Gasteiger partial charge >= 0.3 is 0 Å². The SMILES string of the molecule is CC(=O)N1CCCc2ccc(S(=O)(=O)C(Cl)(Cl)Cl)cc2C1. The maximum atomic E-state index is 12.2. The summed E-state index contributed by atoms with van der Waals surface area (Å²) in [5, 5.41) is 0. The minimum absolute atomic E-state index is 0.0440. The molecular formula is C13H14Cl3NO3S. The van der Waals surface area contributed by atoms with Crippen LogP contribution in [0.4, 0.5) is 0 Å². The predicted octanol–water partition coefficient (Wildman–Crippen LogP) is 3.08. The molecule has 2 rings (SSSR count). The Balaban J connectivity index is 2.46. The van der Waals surface area contributed by atoms with Crippen LogP contribution in [-0.4, -0.2) is 28.9 Å². The van der Waals surface area contributed by atoms with Crippen LogP contribution < -0.4 is 0 Å². The number of halogens is 3. The molecule has 0 aliphatic carbocycles. The van der Waals surface area contributed by atoms with Gasteiger partial charge < -0.3 is 4.90 Å². The number of alkyl halides is 3. The lowest BCUT2D eigenvalue weighted by Crippen LogP contribution is -2.28. The quantitative estimate of drug-likeness (QED) is 0.714. The Labute approximate surface area is 138 Å². The summed E-state index contributed by atoms with van der Waals surface area (Å²) >= 11 is 16.6. The Kier molecular flexibility index (Phi) is 4.78. The van der Waals surface area contributed by atoms with Crippen LogP contribution in [-0.2, 0) is 27.6 Å². The highest BCUT2D eigenvalue weighted by molar-refractivity contribution is 7.97. The van der Waals surface area contributed by atoms with Crippen molar-refractivity contribution in [2.45, 2.75) is 34.3 Å². The minimum Gasteiger partial charge on any atom is -0.339 e. The first kappa shape index (κ1) is 16.9. The molecule has 1 aromatic carbocycles. The van der Waals surface area contributed by atoms with E-state index >= 15 is 0 Å². The standard InChI is InChI=1S/C13H14Cl3NO3S/c1-9(18)17-6-2-3-10-4-5-12(7-11(10)8-17)21(19,20)13(14,15)16/h4-5,7H,2-3,6,8H2,1H3. The lowest BCUT2D eigenvalue weighted by molar-refractivity contribution is -0.129. The Hall–Kier alpha value is -0.490. The number of nitrogens with zero attached hydrogens (tertiary/aromatic N) is 1. The first-order valence-electron chi connectivity index (χ1n) is 6.31. The molecule has 0 N–H and O–H groups in total. The molecular weight excluding hydrogens is 357 g/mol. The number of rotatable bonds is 1. The molecule has 8 heteroatoms. The second-order valence-electron chi connectivity index (χ2n) is 4.92. The summed E-state index contributed by atoms with van der Waals surface area (Å²) in [5.74, 6) is -0.0440. The predicted molar refractivity (Wildman–Crippen MR) is 83.3 cm³/mol. The summed E-state index contributed by atoms with van der Waals surface area (Å²) in [6.07, 6.45) is 1.62. The molecule has 21 heavy (non-hydrogen) atoms. The molecule has 0 saturated carbocycles. The van der Waals surface area contributed by atoms with Crippen LogP contribution in [0, 0.1) is 0 Å². The highest BCUT2D eigenvalue weighted by atomic mass is 35.6. The molecule has 1 aliphatic rings. The molecule has 116 valence electrons. The minimum atomic E-state index is -4.07. The van der Waals surface area contributed by atoms with E-state index in [0.29, 0.717) is 13.1 Å². The number of hydrogen-bond donors (Lipinski definition) is 0. The highest BCUT2D eigenvalue weighted by Gasteiger charge is 2.39. The molecule has 0 unspecified atom stereocenters. The lowest BCUT2D eigenvalue weighted by Gasteiger charge is -2.19. The van der Waals surface area contributed by atoms with Gasteiger partial charge in [0.25, 0.3) is 3.12 Å². The summed E-state index contributed by atoms with van der Waals surface area (Å²) in [6, 6.07) is 4.66. The number of aryl methyl sites for hydroxylation is 1. The zero-order valence-electron chi connectivity index (χ0n) is 11.3. The molecule has 4 nitrogen and oxygen atoms in total. The van der Waals surface area contributed by atoms with E-state index in [4.69, 9.17) is 34.8 Å². The van der Waals surface area contributed by atoms with E-state index in [-0.39, 0.29) is 10.8 Å². The molecule has 0 saturated heterocycles. The van der Waals surface area contributed by atoms with Crippen LogP contribution in [0.2, 0.25) is 0 Å². The second-order valence-corrected chi connectivity index (χ2v) is 9.97. The van der Waals surface area contributed by atoms with E-state index in [1.807, 2.05) is 0 Å². The van der Waals surface area contributed by atoms with Crippen molar-refractivity contribution in [1.82, 2.24) is 4.90 Å². The smallest absolute Gasteiger partial charge is 0.296 e. The van der Waals surface area contributed by atoms with Crippen molar-refractivity contribution in [2.75, 3.05) is 6.54 Å². The average molecular weight is 371 g/mol. The van der Waals surface area contributed by atoms with Crippen molar-refractivity contribution >= 4 is 50.5 Å². The lowest BCUT2D eigenvalue weighted by atomic mass is 10.0. The first-order valence-corrected chi connectivity index (χ1v) is 8.93. The van der Waals surface area contributed by atoms with Gasteiger partial charge in [-0.3, -0.25) is 4.79 Å². The molecule has 0 atom stereocenters. The van der Waals surface area contributed by atoms with Crippen LogP contribution in [0.3, 0.4) is 0 Å².